The SMILES string of the molecule is CC1CC(C(=O)NC2CCCN(Cc3ccccc3F)C2)NN1. The molecule has 1 aromatic rings. The quantitative estimate of drug-likeness (QED) is 0.779. The van der Waals surface area contributed by atoms with Crippen molar-refractivity contribution in [3.05, 3.63) is 35.6 Å². The summed E-state index contributed by atoms with van der Waals surface area (Å²) >= 11 is 0. The first-order chi connectivity index (χ1) is 11.1. The Labute approximate surface area is 136 Å². The summed E-state index contributed by atoms with van der Waals surface area (Å²) in [7, 11) is 0. The molecule has 0 bridgehead atoms. The number of piperidine rings is 1. The van der Waals surface area contributed by atoms with Crippen molar-refractivity contribution in [3.63, 3.8) is 0 Å². The van der Waals surface area contributed by atoms with E-state index < -0.39 is 0 Å². The molecule has 0 spiro atoms. The smallest absolute Gasteiger partial charge is 0.238 e. The van der Waals surface area contributed by atoms with E-state index in [0.717, 1.165) is 37.9 Å². The number of carbonyl (C=O) groups excluding carboxylic acids is 1. The molecule has 5 nitrogen and oxygen atoms in total. The number of hydrazine groups is 1. The van der Waals surface area contributed by atoms with E-state index in [2.05, 4.69) is 28.0 Å². The van der Waals surface area contributed by atoms with E-state index in [1.54, 1.807) is 6.07 Å². The second kappa shape index (κ2) is 7.38. The van der Waals surface area contributed by atoms with Crippen molar-refractivity contribution >= 4 is 5.91 Å². The minimum absolute atomic E-state index is 0.0552. The fraction of sp³-hybridized carbons (Fsp3) is 0.588. The molecule has 0 aliphatic carbocycles. The summed E-state index contributed by atoms with van der Waals surface area (Å²) in [6.45, 7) is 4.37. The Morgan fingerprint density at radius 2 is 2.22 bits per heavy atom. The maximum Gasteiger partial charge on any atom is 0.238 e. The molecule has 2 fully saturated rings. The van der Waals surface area contributed by atoms with Crippen LogP contribution in [-0.4, -0.2) is 42.0 Å². The molecule has 126 valence electrons. The molecule has 1 aromatic carbocycles. The third-order valence-corrected chi connectivity index (χ3v) is 4.61. The normalized spacial score (nSPS) is 28.7. The largest absolute Gasteiger partial charge is 0.351 e. The van der Waals surface area contributed by atoms with E-state index in [4.69, 9.17) is 0 Å². The Morgan fingerprint density at radius 1 is 1.39 bits per heavy atom. The molecule has 2 saturated heterocycles. The number of rotatable bonds is 4. The first kappa shape index (κ1) is 16.4. The van der Waals surface area contributed by atoms with Gasteiger partial charge in [0, 0.05) is 30.7 Å². The summed E-state index contributed by atoms with van der Waals surface area (Å²) < 4.78 is 13.8. The van der Waals surface area contributed by atoms with E-state index >= 15 is 0 Å². The van der Waals surface area contributed by atoms with E-state index in [9.17, 15) is 9.18 Å². The minimum Gasteiger partial charge on any atom is -0.351 e. The molecule has 2 aliphatic rings. The molecule has 2 heterocycles. The second-order valence-corrected chi connectivity index (χ2v) is 6.65. The Morgan fingerprint density at radius 3 is 2.96 bits per heavy atom. The summed E-state index contributed by atoms with van der Waals surface area (Å²) in [6, 6.07) is 7.19. The summed E-state index contributed by atoms with van der Waals surface area (Å²) in [4.78, 5) is 14.5. The monoisotopic (exact) mass is 320 g/mol. The first-order valence-electron chi connectivity index (χ1n) is 8.39. The van der Waals surface area contributed by atoms with Gasteiger partial charge in [-0.3, -0.25) is 15.1 Å². The molecule has 0 radical (unpaired) electrons. The van der Waals surface area contributed by atoms with Gasteiger partial charge in [-0.25, -0.2) is 9.82 Å². The fourth-order valence-electron chi connectivity index (χ4n) is 3.37. The van der Waals surface area contributed by atoms with Crippen LogP contribution in [0.15, 0.2) is 24.3 Å². The number of carbonyl (C=O) groups is 1. The molecule has 3 rings (SSSR count). The third kappa shape index (κ3) is 4.28. The molecule has 3 unspecified atom stereocenters. The highest BCUT2D eigenvalue weighted by Gasteiger charge is 2.29. The van der Waals surface area contributed by atoms with Gasteiger partial charge in [0.05, 0.1) is 0 Å². The van der Waals surface area contributed by atoms with Gasteiger partial charge in [0.1, 0.15) is 11.9 Å². The molecule has 3 N–H and O–H groups in total. The van der Waals surface area contributed by atoms with Crippen LogP contribution in [-0.2, 0) is 11.3 Å². The van der Waals surface area contributed by atoms with Crippen LogP contribution in [0.25, 0.3) is 0 Å². The van der Waals surface area contributed by atoms with Crippen molar-refractivity contribution in [3.8, 4) is 0 Å². The van der Waals surface area contributed by atoms with Crippen LogP contribution in [0.1, 0.15) is 31.7 Å². The Kier molecular flexibility index (Phi) is 5.25. The fourth-order valence-corrected chi connectivity index (χ4v) is 3.37. The molecular weight excluding hydrogens is 295 g/mol. The van der Waals surface area contributed by atoms with Crippen molar-refractivity contribution in [2.75, 3.05) is 13.1 Å². The highest BCUT2D eigenvalue weighted by atomic mass is 19.1. The van der Waals surface area contributed by atoms with Crippen LogP contribution in [0.3, 0.4) is 0 Å². The second-order valence-electron chi connectivity index (χ2n) is 6.65. The number of hydrogen-bond donors (Lipinski definition) is 3. The molecule has 0 saturated carbocycles. The highest BCUT2D eigenvalue weighted by molar-refractivity contribution is 5.82. The van der Waals surface area contributed by atoms with Crippen molar-refractivity contribution in [1.29, 1.82) is 0 Å². The average Bonchev–Trinajstić information content (AvgIpc) is 2.97. The zero-order chi connectivity index (χ0) is 16.2. The number of nitrogens with one attached hydrogen (secondary N) is 3. The maximum atomic E-state index is 13.8. The molecule has 3 atom stereocenters. The predicted molar refractivity (Wildman–Crippen MR) is 87.0 cm³/mol. The van der Waals surface area contributed by atoms with Crippen LogP contribution in [0, 0.1) is 5.82 Å². The van der Waals surface area contributed by atoms with E-state index in [1.165, 1.54) is 6.07 Å². The van der Waals surface area contributed by atoms with Gasteiger partial charge in [0.2, 0.25) is 5.91 Å². The van der Waals surface area contributed by atoms with Crippen molar-refractivity contribution < 1.29 is 9.18 Å². The predicted octanol–water partition coefficient (Wildman–Crippen LogP) is 1.16. The summed E-state index contributed by atoms with van der Waals surface area (Å²) in [5.74, 6) is -0.103. The zero-order valence-corrected chi connectivity index (χ0v) is 13.5. The summed E-state index contributed by atoms with van der Waals surface area (Å²) in [5.41, 5.74) is 6.82. The van der Waals surface area contributed by atoms with Crippen LogP contribution in [0.5, 0.6) is 0 Å². The summed E-state index contributed by atoms with van der Waals surface area (Å²) in [6.07, 6.45) is 2.80. The lowest BCUT2D eigenvalue weighted by molar-refractivity contribution is -0.124. The maximum absolute atomic E-state index is 13.8. The number of hydrogen-bond acceptors (Lipinski definition) is 4. The molecule has 0 aromatic heterocycles. The van der Waals surface area contributed by atoms with Gasteiger partial charge in [0.15, 0.2) is 0 Å². The van der Waals surface area contributed by atoms with Crippen molar-refractivity contribution in [1.82, 2.24) is 21.1 Å². The Hall–Kier alpha value is -1.50. The third-order valence-electron chi connectivity index (χ3n) is 4.61. The van der Waals surface area contributed by atoms with Gasteiger partial charge >= 0.3 is 0 Å². The lowest BCUT2D eigenvalue weighted by Gasteiger charge is -2.33. The van der Waals surface area contributed by atoms with Gasteiger partial charge in [-0.1, -0.05) is 18.2 Å². The van der Waals surface area contributed by atoms with Crippen molar-refractivity contribution in [2.45, 2.75) is 50.9 Å². The van der Waals surface area contributed by atoms with Gasteiger partial charge in [0.25, 0.3) is 0 Å². The minimum atomic E-state index is -0.160. The van der Waals surface area contributed by atoms with E-state index in [1.807, 2.05) is 12.1 Å². The Balaban J connectivity index is 1.52. The molecule has 6 heteroatoms. The number of benzene rings is 1. The molecule has 1 amide bonds. The van der Waals surface area contributed by atoms with Gasteiger partial charge in [-0.05, 0) is 38.8 Å². The van der Waals surface area contributed by atoms with Crippen LogP contribution < -0.4 is 16.2 Å². The zero-order valence-electron chi connectivity index (χ0n) is 13.5. The van der Waals surface area contributed by atoms with Gasteiger partial charge in [-0.2, -0.15) is 0 Å². The topological polar surface area (TPSA) is 56.4 Å². The average molecular weight is 320 g/mol. The number of halogens is 1. The van der Waals surface area contributed by atoms with Crippen LogP contribution in [0.2, 0.25) is 0 Å². The molecule has 23 heavy (non-hydrogen) atoms. The van der Waals surface area contributed by atoms with E-state index in [0.29, 0.717) is 12.6 Å². The number of amides is 1. The molecule has 2 aliphatic heterocycles. The summed E-state index contributed by atoms with van der Waals surface area (Å²) in [5, 5.41) is 3.13. The Bertz CT molecular complexity index is 553. The molecular formula is C17H25FN4O. The van der Waals surface area contributed by atoms with Gasteiger partial charge in [-0.15, -0.1) is 0 Å². The first-order valence-corrected chi connectivity index (χ1v) is 8.39. The lowest BCUT2D eigenvalue weighted by Crippen LogP contribution is -2.52. The highest BCUT2D eigenvalue weighted by Crippen LogP contribution is 2.16. The van der Waals surface area contributed by atoms with E-state index in [-0.39, 0.29) is 23.8 Å². The van der Waals surface area contributed by atoms with Crippen LogP contribution >= 0.6 is 0 Å². The van der Waals surface area contributed by atoms with Crippen LogP contribution in [0.4, 0.5) is 4.39 Å². The van der Waals surface area contributed by atoms with Crippen molar-refractivity contribution in [2.24, 2.45) is 0 Å². The number of likely N-dealkylation sites (tertiary alicyclic amines) is 1. The standard InChI is InChI=1S/C17H25FN4O/c1-12-9-16(21-20-12)17(23)19-14-6-4-8-22(11-14)10-13-5-2-3-7-15(13)18/h2-3,5,7,12,14,16,20-21H,4,6,8-11H2,1H3,(H,19,23). The van der Waals surface area contributed by atoms with Gasteiger partial charge < -0.3 is 5.32 Å². The number of nitrogens with zero attached hydrogens (tertiary/aromatic N) is 1. The lowest BCUT2D eigenvalue weighted by atomic mass is 10.0.